The SMILES string of the molecule is Cc1[nH]c2c(F)cc(F)cc2c1CCNC(=O)C[C@H]1CNCCO1. The highest BCUT2D eigenvalue weighted by atomic mass is 19.1. The molecule has 2 heterocycles. The predicted molar refractivity (Wildman–Crippen MR) is 86.9 cm³/mol. The van der Waals surface area contributed by atoms with E-state index in [1.165, 1.54) is 6.07 Å². The highest BCUT2D eigenvalue weighted by Crippen LogP contribution is 2.25. The molecule has 1 fully saturated rings. The summed E-state index contributed by atoms with van der Waals surface area (Å²) in [6.07, 6.45) is 0.713. The Kier molecular flexibility index (Phi) is 5.11. The number of nitrogens with one attached hydrogen (secondary N) is 3. The van der Waals surface area contributed by atoms with E-state index in [2.05, 4.69) is 15.6 Å². The second kappa shape index (κ2) is 7.27. The highest BCUT2D eigenvalue weighted by molar-refractivity contribution is 5.85. The number of aryl methyl sites for hydroxylation is 1. The van der Waals surface area contributed by atoms with E-state index in [0.717, 1.165) is 23.9 Å². The van der Waals surface area contributed by atoms with E-state index in [1.54, 1.807) is 0 Å². The first-order valence-corrected chi connectivity index (χ1v) is 8.10. The van der Waals surface area contributed by atoms with Crippen LogP contribution < -0.4 is 10.6 Å². The summed E-state index contributed by atoms with van der Waals surface area (Å²) in [5.41, 5.74) is 1.90. The van der Waals surface area contributed by atoms with Gasteiger partial charge >= 0.3 is 0 Å². The summed E-state index contributed by atoms with van der Waals surface area (Å²) in [7, 11) is 0. The van der Waals surface area contributed by atoms with Crippen molar-refractivity contribution in [3.8, 4) is 0 Å². The Labute approximate surface area is 138 Å². The molecular formula is C17H21F2N3O2. The van der Waals surface area contributed by atoms with Crippen molar-refractivity contribution >= 4 is 16.8 Å². The third-order valence-electron chi connectivity index (χ3n) is 4.26. The Balaban J connectivity index is 1.59. The van der Waals surface area contributed by atoms with Crippen molar-refractivity contribution in [3.05, 3.63) is 35.0 Å². The number of aromatic nitrogens is 1. The van der Waals surface area contributed by atoms with Crippen molar-refractivity contribution in [1.29, 1.82) is 0 Å². The van der Waals surface area contributed by atoms with E-state index in [4.69, 9.17) is 4.74 Å². The van der Waals surface area contributed by atoms with Gasteiger partial charge in [0.25, 0.3) is 0 Å². The van der Waals surface area contributed by atoms with Gasteiger partial charge in [-0.15, -0.1) is 0 Å². The molecule has 5 nitrogen and oxygen atoms in total. The molecule has 130 valence electrons. The lowest BCUT2D eigenvalue weighted by atomic mass is 10.1. The topological polar surface area (TPSA) is 66.2 Å². The average Bonchev–Trinajstić information content (AvgIpc) is 2.85. The number of carbonyl (C=O) groups is 1. The van der Waals surface area contributed by atoms with Crippen molar-refractivity contribution in [2.45, 2.75) is 25.9 Å². The minimum Gasteiger partial charge on any atom is -0.375 e. The fraction of sp³-hybridized carbons (Fsp3) is 0.471. The second-order valence-electron chi connectivity index (χ2n) is 6.04. The molecule has 3 rings (SSSR count). The summed E-state index contributed by atoms with van der Waals surface area (Å²) in [6.45, 7) is 4.32. The van der Waals surface area contributed by atoms with Crippen LogP contribution in [0.5, 0.6) is 0 Å². The number of carbonyl (C=O) groups excluding carboxylic acids is 1. The zero-order valence-electron chi connectivity index (χ0n) is 13.5. The van der Waals surface area contributed by atoms with Crippen LogP contribution in [0.25, 0.3) is 10.9 Å². The quantitative estimate of drug-likeness (QED) is 0.779. The summed E-state index contributed by atoms with van der Waals surface area (Å²) in [6, 6.07) is 2.18. The minimum atomic E-state index is -0.606. The van der Waals surface area contributed by atoms with Crippen LogP contribution in [0.3, 0.4) is 0 Å². The largest absolute Gasteiger partial charge is 0.375 e. The second-order valence-corrected chi connectivity index (χ2v) is 6.04. The summed E-state index contributed by atoms with van der Waals surface area (Å²) in [5.74, 6) is -1.30. The first-order valence-electron chi connectivity index (χ1n) is 8.10. The van der Waals surface area contributed by atoms with E-state index in [-0.39, 0.29) is 12.0 Å². The molecule has 1 atom stereocenters. The van der Waals surface area contributed by atoms with Gasteiger partial charge in [0.15, 0.2) is 0 Å². The maximum atomic E-state index is 13.8. The number of benzene rings is 1. The molecule has 0 radical (unpaired) electrons. The molecule has 0 unspecified atom stereocenters. The van der Waals surface area contributed by atoms with Gasteiger partial charge in [-0.05, 0) is 25.0 Å². The lowest BCUT2D eigenvalue weighted by molar-refractivity contribution is -0.124. The van der Waals surface area contributed by atoms with Crippen LogP contribution in [0.1, 0.15) is 17.7 Å². The fourth-order valence-corrected chi connectivity index (χ4v) is 3.08. The summed E-state index contributed by atoms with van der Waals surface area (Å²) >= 11 is 0. The van der Waals surface area contributed by atoms with Gasteiger partial charge in [0.1, 0.15) is 11.6 Å². The standard InChI is InChI=1S/C17H21F2N3O2/c1-10-13(14-6-11(18)7-15(19)17(14)22-10)2-3-21-16(23)8-12-9-20-4-5-24-12/h6-7,12,20,22H,2-5,8-9H2,1H3,(H,21,23)/t12-/m0/s1. The van der Waals surface area contributed by atoms with Crippen molar-refractivity contribution in [3.63, 3.8) is 0 Å². The van der Waals surface area contributed by atoms with Crippen LogP contribution in [-0.4, -0.2) is 43.2 Å². The van der Waals surface area contributed by atoms with Crippen molar-refractivity contribution < 1.29 is 18.3 Å². The Morgan fingerprint density at radius 1 is 1.42 bits per heavy atom. The Bertz CT molecular complexity index is 739. The molecule has 3 N–H and O–H groups in total. The summed E-state index contributed by atoms with van der Waals surface area (Å²) in [4.78, 5) is 14.9. The number of H-pyrrole nitrogens is 1. The molecular weight excluding hydrogens is 316 g/mol. The zero-order valence-corrected chi connectivity index (χ0v) is 13.5. The minimum absolute atomic E-state index is 0.0847. The van der Waals surface area contributed by atoms with Crippen molar-refractivity contribution in [2.75, 3.05) is 26.2 Å². The number of hydrogen-bond acceptors (Lipinski definition) is 3. The molecule has 1 aromatic heterocycles. The molecule has 1 saturated heterocycles. The van der Waals surface area contributed by atoms with Gasteiger partial charge in [0.2, 0.25) is 5.91 Å². The lowest BCUT2D eigenvalue weighted by Gasteiger charge is -2.23. The van der Waals surface area contributed by atoms with Crippen LogP contribution in [0, 0.1) is 18.6 Å². The molecule has 1 aliphatic heterocycles. The van der Waals surface area contributed by atoms with Gasteiger partial charge < -0.3 is 20.4 Å². The number of morpholine rings is 1. The van der Waals surface area contributed by atoms with Gasteiger partial charge in [0, 0.05) is 36.8 Å². The van der Waals surface area contributed by atoms with E-state index in [0.29, 0.717) is 43.4 Å². The maximum Gasteiger partial charge on any atom is 0.222 e. The molecule has 1 aliphatic rings. The molecule has 0 saturated carbocycles. The van der Waals surface area contributed by atoms with Gasteiger partial charge in [0.05, 0.1) is 24.6 Å². The number of hydrogen-bond donors (Lipinski definition) is 3. The highest BCUT2D eigenvalue weighted by Gasteiger charge is 2.18. The van der Waals surface area contributed by atoms with Crippen LogP contribution in [-0.2, 0) is 16.0 Å². The number of fused-ring (bicyclic) bond motifs is 1. The smallest absolute Gasteiger partial charge is 0.222 e. The molecule has 0 spiro atoms. The van der Waals surface area contributed by atoms with Crippen molar-refractivity contribution in [2.24, 2.45) is 0 Å². The van der Waals surface area contributed by atoms with E-state index >= 15 is 0 Å². The number of halogens is 2. The molecule has 1 amide bonds. The maximum absolute atomic E-state index is 13.8. The van der Waals surface area contributed by atoms with Crippen LogP contribution in [0.4, 0.5) is 8.78 Å². The molecule has 24 heavy (non-hydrogen) atoms. The van der Waals surface area contributed by atoms with Crippen LogP contribution in [0.2, 0.25) is 0 Å². The van der Waals surface area contributed by atoms with Gasteiger partial charge in [-0.1, -0.05) is 0 Å². The lowest BCUT2D eigenvalue weighted by Crippen LogP contribution is -2.41. The molecule has 1 aromatic carbocycles. The molecule has 0 bridgehead atoms. The number of rotatable bonds is 5. The summed E-state index contributed by atoms with van der Waals surface area (Å²) in [5, 5.41) is 6.54. The number of ether oxygens (including phenoxy) is 1. The normalized spacial score (nSPS) is 18.0. The first-order chi connectivity index (χ1) is 11.5. The van der Waals surface area contributed by atoms with E-state index in [1.807, 2.05) is 6.92 Å². The van der Waals surface area contributed by atoms with E-state index in [9.17, 15) is 13.6 Å². The zero-order chi connectivity index (χ0) is 17.1. The van der Waals surface area contributed by atoms with Crippen LogP contribution in [0.15, 0.2) is 12.1 Å². The molecule has 0 aliphatic carbocycles. The molecule has 2 aromatic rings. The van der Waals surface area contributed by atoms with Crippen molar-refractivity contribution in [1.82, 2.24) is 15.6 Å². The Morgan fingerprint density at radius 3 is 3.00 bits per heavy atom. The molecule has 7 heteroatoms. The first kappa shape index (κ1) is 16.9. The number of amides is 1. The number of aromatic amines is 1. The third kappa shape index (κ3) is 3.73. The fourth-order valence-electron chi connectivity index (χ4n) is 3.08. The van der Waals surface area contributed by atoms with Crippen LogP contribution >= 0.6 is 0 Å². The predicted octanol–water partition coefficient (Wildman–Crippen LogP) is 1.79. The van der Waals surface area contributed by atoms with Gasteiger partial charge in [-0.3, -0.25) is 4.79 Å². The Morgan fingerprint density at radius 2 is 2.25 bits per heavy atom. The van der Waals surface area contributed by atoms with E-state index < -0.39 is 11.6 Å². The van der Waals surface area contributed by atoms with Gasteiger partial charge in [-0.25, -0.2) is 8.78 Å². The third-order valence-corrected chi connectivity index (χ3v) is 4.26. The summed E-state index contributed by atoms with van der Waals surface area (Å²) < 4.78 is 32.7. The van der Waals surface area contributed by atoms with Gasteiger partial charge in [-0.2, -0.15) is 0 Å². The monoisotopic (exact) mass is 337 g/mol. The average molecular weight is 337 g/mol. The Hall–Kier alpha value is -1.99.